The summed E-state index contributed by atoms with van der Waals surface area (Å²) < 4.78 is 67.2. The van der Waals surface area contributed by atoms with Gasteiger partial charge < -0.3 is 14.6 Å². The summed E-state index contributed by atoms with van der Waals surface area (Å²) in [6.45, 7) is 6.97. The van der Waals surface area contributed by atoms with E-state index >= 15 is 0 Å². The van der Waals surface area contributed by atoms with E-state index in [-0.39, 0.29) is 41.3 Å². The standard InChI is InChI=1S/C30H28F2N4O5S/c1-18(2)41-17-28-35-19(3)29(30(37)36(28)27(16-40-4)22-10-24(31)12-25(32)11-22)42(38,39)26-7-5-21(6-8-26)23-9-20(13-33)14-34-15-23/h5-12,14-15,18,27,37H,3,16-17H2,1-2,4H3/t27-/m0/s1. The Morgan fingerprint density at radius 1 is 1.07 bits per heavy atom. The number of hydrogen-bond acceptors (Lipinski definition) is 9. The topological polar surface area (TPSA) is 125 Å². The van der Waals surface area contributed by atoms with E-state index in [0.29, 0.717) is 22.8 Å². The summed E-state index contributed by atoms with van der Waals surface area (Å²) in [7, 11) is -3.07. The smallest absolute Gasteiger partial charge is 0.214 e. The Kier molecular flexibility index (Phi) is 9.16. The van der Waals surface area contributed by atoms with Crippen LogP contribution in [0.15, 0.2) is 93.9 Å². The van der Waals surface area contributed by atoms with Gasteiger partial charge in [-0.2, -0.15) is 5.26 Å². The lowest BCUT2D eigenvalue weighted by Gasteiger charge is -2.37. The minimum Gasteiger partial charge on any atom is -0.493 e. The second-order valence-corrected chi connectivity index (χ2v) is 11.5. The largest absolute Gasteiger partial charge is 0.493 e. The zero-order valence-electron chi connectivity index (χ0n) is 23.1. The maximum Gasteiger partial charge on any atom is 0.214 e. The lowest BCUT2D eigenvalue weighted by molar-refractivity contribution is 0.0848. The van der Waals surface area contributed by atoms with Crippen LogP contribution in [0.3, 0.4) is 0 Å². The molecule has 4 rings (SSSR count). The van der Waals surface area contributed by atoms with Crippen LogP contribution >= 0.6 is 0 Å². The number of sulfone groups is 1. The van der Waals surface area contributed by atoms with Crippen LogP contribution in [0.25, 0.3) is 11.1 Å². The molecule has 218 valence electrons. The first-order valence-corrected chi connectivity index (χ1v) is 14.2. The number of rotatable bonds is 10. The first-order chi connectivity index (χ1) is 20.0. The molecule has 42 heavy (non-hydrogen) atoms. The summed E-state index contributed by atoms with van der Waals surface area (Å²) in [4.78, 5) is 8.76. The number of nitriles is 1. The van der Waals surface area contributed by atoms with Crippen LogP contribution in [0.5, 0.6) is 0 Å². The minimum absolute atomic E-state index is 0.0668. The summed E-state index contributed by atoms with van der Waals surface area (Å²) in [5, 5.41) is 20.7. The average Bonchev–Trinajstić information content (AvgIpc) is 2.94. The van der Waals surface area contributed by atoms with Crippen molar-refractivity contribution < 1.29 is 31.8 Å². The molecule has 0 saturated carbocycles. The number of amidine groups is 1. The Hall–Kier alpha value is -4.44. The van der Waals surface area contributed by atoms with Crippen LogP contribution < -0.4 is 0 Å². The molecular formula is C30H28F2N4O5S. The van der Waals surface area contributed by atoms with Crippen molar-refractivity contribution in [3.63, 3.8) is 0 Å². The highest BCUT2D eigenvalue weighted by atomic mass is 32.2. The van der Waals surface area contributed by atoms with Crippen LogP contribution in [0.1, 0.15) is 31.0 Å². The molecule has 1 N–H and O–H groups in total. The van der Waals surface area contributed by atoms with Crippen molar-refractivity contribution in [2.75, 3.05) is 20.3 Å². The SMILES string of the molecule is C=C1N=C(COC(C)C)N([C@@H](COC)c2cc(F)cc(F)c2)C(O)=C1S(=O)(=O)c1ccc(-c2cncc(C#N)c2)cc1. The molecule has 1 aliphatic heterocycles. The number of ether oxygens (including phenoxy) is 2. The van der Waals surface area contributed by atoms with Crippen molar-refractivity contribution in [2.24, 2.45) is 4.99 Å². The van der Waals surface area contributed by atoms with Crippen LogP contribution in [0, 0.1) is 23.0 Å². The average molecular weight is 595 g/mol. The number of aliphatic hydroxyl groups is 1. The van der Waals surface area contributed by atoms with Crippen molar-refractivity contribution in [1.82, 2.24) is 9.88 Å². The molecule has 9 nitrogen and oxygen atoms in total. The third-order valence-electron chi connectivity index (χ3n) is 6.32. The Balaban J connectivity index is 1.82. The zero-order valence-corrected chi connectivity index (χ0v) is 23.9. The Morgan fingerprint density at radius 3 is 2.33 bits per heavy atom. The van der Waals surface area contributed by atoms with E-state index in [0.717, 1.165) is 17.0 Å². The van der Waals surface area contributed by atoms with E-state index in [1.54, 1.807) is 38.2 Å². The van der Waals surface area contributed by atoms with E-state index in [1.807, 2.05) is 6.07 Å². The number of pyridine rings is 1. The Labute approximate surface area is 242 Å². The summed E-state index contributed by atoms with van der Waals surface area (Å²) in [6, 6.07) is 11.1. The molecule has 0 unspecified atom stereocenters. The second kappa shape index (κ2) is 12.6. The van der Waals surface area contributed by atoms with Gasteiger partial charge in [-0.3, -0.25) is 9.88 Å². The van der Waals surface area contributed by atoms with Crippen LogP contribution in [0.2, 0.25) is 0 Å². The van der Waals surface area contributed by atoms with Crippen LogP contribution in [0.4, 0.5) is 8.78 Å². The number of halogens is 2. The first kappa shape index (κ1) is 30.5. The van der Waals surface area contributed by atoms with Gasteiger partial charge in [-0.25, -0.2) is 22.2 Å². The van der Waals surface area contributed by atoms with Crippen LogP contribution in [-0.4, -0.2) is 55.7 Å². The van der Waals surface area contributed by atoms with Gasteiger partial charge in [-0.1, -0.05) is 18.7 Å². The molecule has 0 spiro atoms. The Bertz CT molecular complexity index is 1690. The molecule has 1 atom stereocenters. The van der Waals surface area contributed by atoms with E-state index in [4.69, 9.17) is 14.7 Å². The molecule has 12 heteroatoms. The van der Waals surface area contributed by atoms with E-state index < -0.39 is 38.3 Å². The molecule has 0 aliphatic carbocycles. The van der Waals surface area contributed by atoms with Gasteiger partial charge in [0.1, 0.15) is 30.1 Å². The summed E-state index contributed by atoms with van der Waals surface area (Å²) in [5.41, 5.74) is 1.39. The normalized spacial score (nSPS) is 14.6. The summed E-state index contributed by atoms with van der Waals surface area (Å²) in [6.07, 6.45) is 2.70. The molecule has 2 aromatic carbocycles. The third kappa shape index (κ3) is 6.38. The van der Waals surface area contributed by atoms with Gasteiger partial charge in [0.25, 0.3) is 0 Å². The van der Waals surface area contributed by atoms with Crippen molar-refractivity contribution in [2.45, 2.75) is 30.9 Å². The number of aliphatic imine (C=N–C) groups is 1. The maximum atomic E-state index is 14.2. The fraction of sp³-hybridized carbons (Fsp3) is 0.233. The molecule has 1 aromatic heterocycles. The monoisotopic (exact) mass is 594 g/mol. The molecular weight excluding hydrogens is 566 g/mol. The fourth-order valence-electron chi connectivity index (χ4n) is 4.42. The van der Waals surface area contributed by atoms with Gasteiger partial charge in [0.2, 0.25) is 15.7 Å². The fourth-order valence-corrected chi connectivity index (χ4v) is 5.84. The maximum absolute atomic E-state index is 14.2. The lowest BCUT2D eigenvalue weighted by Crippen LogP contribution is -2.42. The third-order valence-corrected chi connectivity index (χ3v) is 8.17. The molecule has 0 radical (unpaired) electrons. The van der Waals surface area contributed by atoms with Gasteiger partial charge in [-0.15, -0.1) is 0 Å². The number of methoxy groups -OCH3 is 1. The first-order valence-electron chi connectivity index (χ1n) is 12.7. The molecule has 2 heterocycles. The molecule has 0 amide bonds. The number of benzene rings is 2. The number of nitrogens with zero attached hydrogens (tertiary/aromatic N) is 4. The van der Waals surface area contributed by atoms with E-state index in [9.17, 15) is 22.3 Å². The van der Waals surface area contributed by atoms with Crippen molar-refractivity contribution in [3.8, 4) is 17.2 Å². The highest BCUT2D eigenvalue weighted by Gasteiger charge is 2.39. The minimum atomic E-state index is -4.42. The van der Waals surface area contributed by atoms with Gasteiger partial charge in [0.15, 0.2) is 4.91 Å². The van der Waals surface area contributed by atoms with Gasteiger partial charge >= 0.3 is 0 Å². The molecule has 1 aliphatic rings. The number of aliphatic hydroxyl groups excluding tert-OH is 1. The van der Waals surface area contributed by atoms with Gasteiger partial charge in [0, 0.05) is 31.1 Å². The predicted octanol–water partition coefficient (Wildman–Crippen LogP) is 5.44. The Morgan fingerprint density at radius 2 is 1.74 bits per heavy atom. The number of hydrogen-bond donors (Lipinski definition) is 1. The quantitative estimate of drug-likeness (QED) is 0.329. The molecule has 0 saturated heterocycles. The summed E-state index contributed by atoms with van der Waals surface area (Å²) in [5.74, 6) is -2.41. The zero-order chi connectivity index (χ0) is 30.6. The molecule has 0 bridgehead atoms. The van der Waals surface area contributed by atoms with Crippen molar-refractivity contribution in [3.05, 3.63) is 107 Å². The highest BCUT2D eigenvalue weighted by Crippen LogP contribution is 2.37. The second-order valence-electron chi connectivity index (χ2n) is 9.63. The molecule has 0 fully saturated rings. The highest BCUT2D eigenvalue weighted by molar-refractivity contribution is 7.95. The van der Waals surface area contributed by atoms with Gasteiger partial charge in [0.05, 0.1) is 34.9 Å². The molecule has 3 aromatic rings. The predicted molar refractivity (Wildman–Crippen MR) is 152 cm³/mol. The van der Waals surface area contributed by atoms with E-state index in [2.05, 4.69) is 16.6 Å². The van der Waals surface area contributed by atoms with Crippen LogP contribution in [-0.2, 0) is 19.3 Å². The summed E-state index contributed by atoms with van der Waals surface area (Å²) >= 11 is 0. The van der Waals surface area contributed by atoms with Crippen molar-refractivity contribution in [1.29, 1.82) is 5.26 Å². The van der Waals surface area contributed by atoms with E-state index in [1.165, 1.54) is 25.4 Å². The lowest BCUT2D eigenvalue weighted by atomic mass is 10.0. The van der Waals surface area contributed by atoms with Crippen molar-refractivity contribution >= 4 is 15.7 Å². The van der Waals surface area contributed by atoms with Gasteiger partial charge in [-0.05, 0) is 55.3 Å². The number of aromatic nitrogens is 1.